The molecule has 0 saturated heterocycles. The van der Waals surface area contributed by atoms with Gasteiger partial charge in [-0.15, -0.1) is 0 Å². The molecule has 3 rings (SSSR count). The number of amides is 1. The van der Waals surface area contributed by atoms with Crippen LogP contribution < -0.4 is 10.1 Å². The molecule has 0 unspecified atom stereocenters. The average Bonchev–Trinajstić information content (AvgIpc) is 2.70. The van der Waals surface area contributed by atoms with Gasteiger partial charge in [0.2, 0.25) is 0 Å². The van der Waals surface area contributed by atoms with Crippen LogP contribution in [0, 0.1) is 5.82 Å². The molecule has 0 spiro atoms. The fourth-order valence-corrected chi connectivity index (χ4v) is 3.36. The highest BCUT2D eigenvalue weighted by Gasteiger charge is 2.13. The van der Waals surface area contributed by atoms with E-state index in [0.717, 1.165) is 0 Å². The van der Waals surface area contributed by atoms with Gasteiger partial charge in [0.1, 0.15) is 5.82 Å². The van der Waals surface area contributed by atoms with Crippen molar-refractivity contribution in [1.29, 1.82) is 0 Å². The first-order valence-electron chi connectivity index (χ1n) is 8.21. The molecule has 1 amide bonds. The van der Waals surface area contributed by atoms with Gasteiger partial charge in [0, 0.05) is 11.3 Å². The summed E-state index contributed by atoms with van der Waals surface area (Å²) in [5.41, 5.74) is 3.62. The number of hydrazone groups is 1. The summed E-state index contributed by atoms with van der Waals surface area (Å²) in [6.45, 7) is 0. The Labute approximate surface area is 161 Å². The molecular weight excluding hydrogens is 381 g/mol. The third-order valence-electron chi connectivity index (χ3n) is 3.70. The van der Waals surface area contributed by atoms with Crippen LogP contribution in [-0.2, 0) is 10.0 Å². The summed E-state index contributed by atoms with van der Waals surface area (Å²) in [4.78, 5) is 12.2. The molecule has 8 heteroatoms. The van der Waals surface area contributed by atoms with E-state index in [9.17, 15) is 17.6 Å². The van der Waals surface area contributed by atoms with Crippen LogP contribution in [0.1, 0.15) is 15.9 Å². The van der Waals surface area contributed by atoms with Crippen LogP contribution in [0.5, 0.6) is 0 Å². The topological polar surface area (TPSA) is 87.6 Å². The lowest BCUT2D eigenvalue weighted by molar-refractivity contribution is 0.0955. The number of rotatable bonds is 6. The molecule has 0 aliphatic heterocycles. The van der Waals surface area contributed by atoms with Crippen LogP contribution in [0.3, 0.4) is 0 Å². The third kappa shape index (κ3) is 5.01. The second kappa shape index (κ2) is 8.45. The molecule has 3 aromatic carbocycles. The second-order valence-electron chi connectivity index (χ2n) is 5.75. The quantitative estimate of drug-likeness (QED) is 0.494. The smallest absolute Gasteiger partial charge is 0.271 e. The van der Waals surface area contributed by atoms with Crippen molar-refractivity contribution in [3.8, 4) is 0 Å². The van der Waals surface area contributed by atoms with E-state index in [1.165, 1.54) is 66.9 Å². The highest BCUT2D eigenvalue weighted by molar-refractivity contribution is 7.92. The van der Waals surface area contributed by atoms with E-state index in [1.54, 1.807) is 18.2 Å². The second-order valence-corrected chi connectivity index (χ2v) is 7.43. The van der Waals surface area contributed by atoms with Crippen molar-refractivity contribution in [3.05, 3.63) is 95.8 Å². The van der Waals surface area contributed by atoms with Crippen molar-refractivity contribution in [2.75, 3.05) is 4.72 Å². The predicted octanol–water partition coefficient (Wildman–Crippen LogP) is 3.39. The number of hydrogen-bond acceptors (Lipinski definition) is 4. The molecule has 0 fully saturated rings. The van der Waals surface area contributed by atoms with Crippen LogP contribution in [0.25, 0.3) is 0 Å². The number of nitrogens with one attached hydrogen (secondary N) is 2. The minimum atomic E-state index is -3.70. The first-order chi connectivity index (χ1) is 13.4. The van der Waals surface area contributed by atoms with Crippen molar-refractivity contribution in [3.63, 3.8) is 0 Å². The van der Waals surface area contributed by atoms with Gasteiger partial charge in [-0.25, -0.2) is 18.2 Å². The monoisotopic (exact) mass is 397 g/mol. The zero-order chi connectivity index (χ0) is 20.0. The van der Waals surface area contributed by atoms with E-state index in [2.05, 4.69) is 15.2 Å². The number of nitrogens with zero attached hydrogens (tertiary/aromatic N) is 1. The number of carbonyl (C=O) groups excluding carboxylic acids is 1. The van der Waals surface area contributed by atoms with Crippen molar-refractivity contribution >= 4 is 27.8 Å². The number of sulfonamides is 1. The molecule has 0 heterocycles. The maximum absolute atomic E-state index is 12.8. The van der Waals surface area contributed by atoms with Crippen LogP contribution in [0.15, 0.2) is 88.9 Å². The van der Waals surface area contributed by atoms with E-state index >= 15 is 0 Å². The Morgan fingerprint density at radius 3 is 2.18 bits per heavy atom. The SMILES string of the molecule is O=C(N/N=C/c1ccc(F)cc1)c1ccc(NS(=O)(=O)c2ccccc2)cc1. The van der Waals surface area contributed by atoms with Crippen LogP contribution in [0.4, 0.5) is 10.1 Å². The Balaban J connectivity index is 1.62. The Bertz CT molecular complexity index is 1080. The lowest BCUT2D eigenvalue weighted by Crippen LogP contribution is -2.18. The number of hydrogen-bond donors (Lipinski definition) is 2. The van der Waals surface area contributed by atoms with Gasteiger partial charge < -0.3 is 0 Å². The molecule has 0 aromatic heterocycles. The summed E-state index contributed by atoms with van der Waals surface area (Å²) >= 11 is 0. The maximum Gasteiger partial charge on any atom is 0.271 e. The molecule has 0 saturated carbocycles. The number of halogens is 1. The van der Waals surface area contributed by atoms with Crippen LogP contribution >= 0.6 is 0 Å². The van der Waals surface area contributed by atoms with Gasteiger partial charge in [0.05, 0.1) is 11.1 Å². The zero-order valence-electron chi connectivity index (χ0n) is 14.5. The van der Waals surface area contributed by atoms with Gasteiger partial charge in [0.25, 0.3) is 15.9 Å². The third-order valence-corrected chi connectivity index (χ3v) is 5.10. The number of anilines is 1. The minimum Gasteiger partial charge on any atom is -0.280 e. The maximum atomic E-state index is 12.8. The fourth-order valence-electron chi connectivity index (χ4n) is 2.28. The molecule has 0 aliphatic rings. The highest BCUT2D eigenvalue weighted by Crippen LogP contribution is 2.16. The molecule has 142 valence electrons. The van der Waals surface area contributed by atoms with E-state index < -0.39 is 15.9 Å². The largest absolute Gasteiger partial charge is 0.280 e. The van der Waals surface area contributed by atoms with Gasteiger partial charge >= 0.3 is 0 Å². The number of carbonyl (C=O) groups is 1. The van der Waals surface area contributed by atoms with E-state index in [0.29, 0.717) is 16.8 Å². The predicted molar refractivity (Wildman–Crippen MR) is 105 cm³/mol. The lowest BCUT2D eigenvalue weighted by atomic mass is 10.2. The normalized spacial score (nSPS) is 11.3. The molecule has 6 nitrogen and oxygen atoms in total. The Hall–Kier alpha value is -3.52. The van der Waals surface area contributed by atoms with Gasteiger partial charge in [0.15, 0.2) is 0 Å². The van der Waals surface area contributed by atoms with Gasteiger partial charge in [-0.3, -0.25) is 9.52 Å². The van der Waals surface area contributed by atoms with Crippen molar-refractivity contribution in [1.82, 2.24) is 5.43 Å². The minimum absolute atomic E-state index is 0.145. The van der Waals surface area contributed by atoms with E-state index in [1.807, 2.05) is 0 Å². The molecule has 0 aliphatic carbocycles. The van der Waals surface area contributed by atoms with E-state index in [4.69, 9.17) is 0 Å². The van der Waals surface area contributed by atoms with Crippen LogP contribution in [-0.4, -0.2) is 20.5 Å². The molecular formula is C20H16FN3O3S. The van der Waals surface area contributed by atoms with Crippen LogP contribution in [0.2, 0.25) is 0 Å². The van der Waals surface area contributed by atoms with E-state index in [-0.39, 0.29) is 10.7 Å². The molecule has 0 atom stereocenters. The summed E-state index contributed by atoms with van der Waals surface area (Å²) in [6, 6.07) is 19.5. The van der Waals surface area contributed by atoms with Crippen molar-refractivity contribution in [2.24, 2.45) is 5.10 Å². The average molecular weight is 397 g/mol. The van der Waals surface area contributed by atoms with Crippen molar-refractivity contribution in [2.45, 2.75) is 4.90 Å². The standard InChI is InChI=1S/C20H16FN3O3S/c21-17-10-6-15(7-11-17)14-22-23-20(25)16-8-12-18(13-9-16)24-28(26,27)19-4-2-1-3-5-19/h1-14,24H,(H,23,25)/b22-14+. The van der Waals surface area contributed by atoms with Crippen molar-refractivity contribution < 1.29 is 17.6 Å². The van der Waals surface area contributed by atoms with Gasteiger partial charge in [-0.2, -0.15) is 5.10 Å². The summed E-state index contributed by atoms with van der Waals surface area (Å²) in [5.74, 6) is -0.819. The first kappa shape index (κ1) is 19.2. The summed E-state index contributed by atoms with van der Waals surface area (Å²) in [6.07, 6.45) is 1.39. The fraction of sp³-hybridized carbons (Fsp3) is 0. The Morgan fingerprint density at radius 1 is 0.893 bits per heavy atom. The molecule has 0 bridgehead atoms. The lowest BCUT2D eigenvalue weighted by Gasteiger charge is -2.08. The Kier molecular flexibility index (Phi) is 5.81. The summed E-state index contributed by atoms with van der Waals surface area (Å²) < 4.78 is 39.9. The highest BCUT2D eigenvalue weighted by atomic mass is 32.2. The number of benzene rings is 3. The summed E-state index contributed by atoms with van der Waals surface area (Å²) in [5, 5.41) is 3.81. The van der Waals surface area contributed by atoms with Gasteiger partial charge in [-0.05, 0) is 54.1 Å². The molecule has 3 aromatic rings. The molecule has 2 N–H and O–H groups in total. The first-order valence-corrected chi connectivity index (χ1v) is 9.69. The molecule has 28 heavy (non-hydrogen) atoms. The summed E-state index contributed by atoms with van der Waals surface area (Å²) in [7, 11) is -3.70. The van der Waals surface area contributed by atoms with Gasteiger partial charge in [-0.1, -0.05) is 30.3 Å². The zero-order valence-corrected chi connectivity index (χ0v) is 15.4. The Morgan fingerprint density at radius 2 is 1.54 bits per heavy atom. The molecule has 0 radical (unpaired) electrons.